The van der Waals surface area contributed by atoms with Crippen LogP contribution in [-0.4, -0.2) is 159 Å². The second-order valence-corrected chi connectivity index (χ2v) is 28.1. The minimum absolute atomic E-state index is 0.000759. The zero-order valence-electron chi connectivity index (χ0n) is 72.5. The topological polar surface area (TPSA) is 357 Å². The summed E-state index contributed by atoms with van der Waals surface area (Å²) in [5, 5.41) is 31.4. The van der Waals surface area contributed by atoms with Crippen molar-refractivity contribution in [3.8, 4) is 28.7 Å². The van der Waals surface area contributed by atoms with Gasteiger partial charge in [-0.05, 0) is 153 Å². The van der Waals surface area contributed by atoms with Crippen LogP contribution < -0.4 is 35.2 Å². The number of carbonyl (C=O) groups excluding carboxylic acids is 5. The number of aromatic nitrogens is 12. The highest BCUT2D eigenvalue weighted by atomic mass is 19.4. The maximum absolute atomic E-state index is 13.1. The predicted molar refractivity (Wildman–Crippen MR) is 427 cm³/mol. The van der Waals surface area contributed by atoms with Crippen LogP contribution in [0.3, 0.4) is 0 Å². The third-order valence-electron chi connectivity index (χ3n) is 16.6. The highest BCUT2D eigenvalue weighted by Gasteiger charge is 2.50. The first-order chi connectivity index (χ1) is 63.6. The van der Waals surface area contributed by atoms with E-state index >= 15 is 0 Å². The summed E-state index contributed by atoms with van der Waals surface area (Å²) in [5.41, 5.74) is 7.49. The van der Waals surface area contributed by atoms with E-state index in [4.69, 9.17) is 45.0 Å². The van der Waals surface area contributed by atoms with Crippen LogP contribution in [-0.2, 0) is 111 Å². The molecule has 5 aromatic carbocycles. The molecule has 0 saturated carbocycles. The van der Waals surface area contributed by atoms with E-state index in [1.54, 1.807) is 161 Å². The van der Waals surface area contributed by atoms with E-state index in [9.17, 15) is 147 Å². The van der Waals surface area contributed by atoms with Gasteiger partial charge in [-0.15, -0.1) is 0 Å². The number of aryl methyl sites for hydroxylation is 1. The Morgan fingerprint density at radius 1 is 0.399 bits per heavy atom. The number of ether oxygens (including phenoxy) is 7. The van der Waals surface area contributed by atoms with Gasteiger partial charge in [0.1, 0.15) is 51.4 Å². The number of benzene rings is 5. The van der Waals surface area contributed by atoms with E-state index in [-0.39, 0.29) is 51.3 Å². The van der Waals surface area contributed by atoms with Gasteiger partial charge in [-0.25, -0.2) is 14.4 Å². The number of carboxylic acids is 1. The molecule has 11 rings (SSSR count). The van der Waals surface area contributed by atoms with Gasteiger partial charge in [-0.3, -0.25) is 42.9 Å². The quantitative estimate of drug-likeness (QED) is 0.0212. The van der Waals surface area contributed by atoms with Crippen molar-refractivity contribution in [3.05, 3.63) is 267 Å². The Balaban J connectivity index is 0.000000336. The number of esters is 3. The smallest absolute Gasteiger partial charge is 0.491 e. The number of alkyl halides is 27. The van der Waals surface area contributed by atoms with Crippen molar-refractivity contribution in [1.82, 2.24) is 59.1 Å². The van der Waals surface area contributed by atoms with Crippen LogP contribution in [0.25, 0.3) is 0 Å². The predicted octanol–water partition coefficient (Wildman–Crippen LogP) is 18.6. The summed E-state index contributed by atoms with van der Waals surface area (Å²) >= 11 is 0. The molecule has 11 aromatic rings. The molecule has 6 N–H and O–H groups in total. The van der Waals surface area contributed by atoms with E-state index < -0.39 is 137 Å². The lowest BCUT2D eigenvalue weighted by molar-refractivity contribution is -0.221. The Hall–Kier alpha value is -14.6. The molecule has 0 aliphatic rings. The van der Waals surface area contributed by atoms with E-state index in [1.165, 1.54) is 48.5 Å². The second-order valence-electron chi connectivity index (χ2n) is 28.1. The Labute approximate surface area is 761 Å². The van der Waals surface area contributed by atoms with Crippen LogP contribution in [0.1, 0.15) is 128 Å². The van der Waals surface area contributed by atoms with Crippen molar-refractivity contribution >= 4 is 35.6 Å². The number of hydrogen-bond acceptors (Lipinski definition) is 20. The molecule has 0 aliphatic heterocycles. The molecule has 0 radical (unpaired) electrons. The molecule has 0 atom stereocenters. The molecular weight excluding hydrogens is 1930 g/mol. The number of hydrogen-bond donors (Lipinski definition) is 4. The van der Waals surface area contributed by atoms with Crippen molar-refractivity contribution in [2.75, 3.05) is 35.5 Å². The first-order valence-electron chi connectivity index (χ1n) is 38.1. The van der Waals surface area contributed by atoms with Crippen molar-refractivity contribution in [3.63, 3.8) is 0 Å². The van der Waals surface area contributed by atoms with Gasteiger partial charge in [-0.1, -0.05) is 66.7 Å². The molecule has 55 heteroatoms. The SMILES string of the molecule is C/C=C/C(=O)C(F)(F)F.COc1ccc(Cn2ccc(C(F)(F)F)n2)cc1.COc1ccc(Cn2nc(C(F)(F)F)cc2C(=O)O)cc1.COc1ccc(Cn2nc(C(F)(F)F)cc2C(N)=O)cc1.COc1ccc(Cn2nc(C(F)(F)F)cc2CCC(=O)OC(C)(C)C)cc1.COc1ccc(Cn2nc(C(F)(F)F)cc2CN)cc1.FC(F)(F)c1ccn[nH]1.O=C(OC(=O)C(F)(F)F)C(F)(F)F. The van der Waals surface area contributed by atoms with Crippen LogP contribution in [0, 0.1) is 0 Å². The van der Waals surface area contributed by atoms with Crippen molar-refractivity contribution in [2.24, 2.45) is 11.5 Å². The van der Waals surface area contributed by atoms with Crippen LogP contribution in [0.4, 0.5) is 119 Å². The highest BCUT2D eigenvalue weighted by molar-refractivity contribution is 5.94. The first-order valence-corrected chi connectivity index (χ1v) is 38.1. The number of H-pyrrole nitrogens is 1. The lowest BCUT2D eigenvalue weighted by Crippen LogP contribution is -2.34. The molecule has 0 fully saturated rings. The number of nitrogens with one attached hydrogen (secondary N) is 1. The Morgan fingerprint density at radius 3 is 0.986 bits per heavy atom. The number of ketones is 1. The molecule has 28 nitrogen and oxygen atoms in total. The molecule has 0 bridgehead atoms. The Bertz CT molecular complexity index is 5570. The molecule has 6 heterocycles. The minimum Gasteiger partial charge on any atom is -0.497 e. The number of aromatic carboxylic acids is 1. The van der Waals surface area contributed by atoms with Crippen LogP contribution in [0.2, 0.25) is 0 Å². The fourth-order valence-electron chi connectivity index (χ4n) is 10.2. The zero-order chi connectivity index (χ0) is 105. The number of halogens is 27. The average molecular weight is 2010 g/mol. The molecule has 0 unspecified atom stereocenters. The monoisotopic (exact) mass is 2010 g/mol. The van der Waals surface area contributed by atoms with Crippen LogP contribution >= 0.6 is 0 Å². The van der Waals surface area contributed by atoms with Crippen LogP contribution in [0.5, 0.6) is 28.7 Å². The molecule has 0 saturated heterocycles. The van der Waals surface area contributed by atoms with E-state index in [2.05, 4.69) is 35.3 Å². The number of aromatic amines is 1. The number of methoxy groups -OCH3 is 5. The molecule has 138 heavy (non-hydrogen) atoms. The maximum Gasteiger partial charge on any atom is 0.491 e. The summed E-state index contributed by atoms with van der Waals surface area (Å²) in [4.78, 5) is 63.3. The van der Waals surface area contributed by atoms with E-state index in [0.29, 0.717) is 76.0 Å². The molecule has 0 aliphatic carbocycles. The van der Waals surface area contributed by atoms with E-state index in [1.807, 2.05) is 0 Å². The summed E-state index contributed by atoms with van der Waals surface area (Å²) < 4.78 is 364. The summed E-state index contributed by atoms with van der Waals surface area (Å²) in [7, 11) is 7.62. The Morgan fingerprint density at radius 2 is 0.717 bits per heavy atom. The first kappa shape index (κ1) is 116. The minimum atomic E-state index is -5.62. The number of carbonyl (C=O) groups is 6. The third-order valence-corrected chi connectivity index (χ3v) is 16.6. The number of amides is 1. The van der Waals surface area contributed by atoms with Gasteiger partial charge in [0.15, 0.2) is 28.5 Å². The zero-order valence-corrected chi connectivity index (χ0v) is 72.5. The number of nitrogens with two attached hydrogens (primary N) is 2. The maximum atomic E-state index is 13.1. The molecular formula is C83H79F27N14O14. The number of primary amides is 1. The molecule has 754 valence electrons. The number of nitrogens with zero attached hydrogens (tertiary/aromatic N) is 11. The summed E-state index contributed by atoms with van der Waals surface area (Å²) in [6.07, 6.45) is -39.0. The third kappa shape index (κ3) is 39.7. The number of rotatable bonds is 22. The van der Waals surface area contributed by atoms with Crippen LogP contribution in [0.15, 0.2) is 182 Å². The highest BCUT2D eigenvalue weighted by Crippen LogP contribution is 2.35. The number of carboxylic acid groups (broad SMARTS) is 1. The summed E-state index contributed by atoms with van der Waals surface area (Å²) in [6, 6.07) is 39.2. The van der Waals surface area contributed by atoms with Gasteiger partial charge in [0, 0.05) is 36.8 Å². The molecule has 0 spiro atoms. The van der Waals surface area contributed by atoms with Crippen molar-refractivity contribution < 1.29 is 186 Å². The lowest BCUT2D eigenvalue weighted by Gasteiger charge is -2.19. The lowest BCUT2D eigenvalue weighted by atomic mass is 10.1. The van der Waals surface area contributed by atoms with Gasteiger partial charge in [0.25, 0.3) is 11.7 Å². The van der Waals surface area contributed by atoms with Gasteiger partial charge >= 0.3 is 79.5 Å². The molecule has 6 aromatic heterocycles. The normalized spacial score (nSPS) is 11.8. The standard InChI is InChI=1S/C19H23F3N2O3.C13H12F3N3O2.C13H14F3N3O.C13H11F3N2O3.C12H11F3N2O.C5H5F3O.C4F6O3.C4H3F3N2/c1-18(2,3)27-17(25)10-7-14-11-16(19(20,21)22)23-24(14)12-13-5-8-15(26-4)9-6-13;1-21-9-4-2-8(3-5-9)7-19-10(12(17)20)6-11(18-19)13(14,15)16;1-20-11-4-2-9(3-5-11)8-19-10(7-17)6-12(18-19)13(14,15)16;1-21-9-4-2-8(3-5-9)7-18-10(12(19)20)6-11(17-18)13(14,15)16;1-18-10-4-2-9(3-5-10)8-17-7-6-11(16-17)12(13,14)15;1-2-3-4(9)5(6,7)8;5-3(6,7)1(11)13-2(12)4(8,9)10;5-4(6,7)3-1-2-8-9-3/h5-6,8-9,11H,7,10,12H2,1-4H3;2-6H,7H2,1H3,(H2,17,20);2-6H,7-8,17H2,1H3;2-6H,7H2,1H3,(H,19,20);2-7H,8H2,1H3;2-3H,1H3;;1-2H,(H,8,9)/b;;;;;3-2+;;. The largest absolute Gasteiger partial charge is 0.497 e. The van der Waals surface area contributed by atoms with Crippen molar-refractivity contribution in [1.29, 1.82) is 0 Å². The van der Waals surface area contributed by atoms with Gasteiger partial charge < -0.3 is 49.7 Å². The van der Waals surface area contributed by atoms with Gasteiger partial charge in [0.05, 0.1) is 80.4 Å². The van der Waals surface area contributed by atoms with E-state index in [0.717, 1.165) is 62.6 Å². The fraction of sp³-hybridized carbons (Fsp3) is 0.325. The second kappa shape index (κ2) is 49.8. The van der Waals surface area contributed by atoms with Crippen molar-refractivity contribution in [2.45, 2.75) is 141 Å². The van der Waals surface area contributed by atoms with Gasteiger partial charge in [-0.2, -0.15) is 149 Å². The average Bonchev–Trinajstić information content (AvgIpc) is 1.69. The Kier molecular flexibility index (Phi) is 41.7. The summed E-state index contributed by atoms with van der Waals surface area (Å²) in [6.45, 7) is 7.15. The number of allylic oxidation sites excluding steroid dienone is 2. The summed E-state index contributed by atoms with van der Waals surface area (Å²) in [5.74, 6) is -7.86. The fourth-order valence-corrected chi connectivity index (χ4v) is 10.2. The molecule has 1 amide bonds. The van der Waals surface area contributed by atoms with Gasteiger partial charge in [0.2, 0.25) is 0 Å².